The van der Waals surface area contributed by atoms with Gasteiger partial charge in [-0.15, -0.1) is 0 Å². The zero-order valence-corrected chi connectivity index (χ0v) is 41.7. The summed E-state index contributed by atoms with van der Waals surface area (Å²) in [5.41, 5.74) is 14.1. The molecule has 0 heterocycles. The Kier molecular flexibility index (Phi) is 11.4. The van der Waals surface area contributed by atoms with E-state index in [0.29, 0.717) is 0 Å². The average Bonchev–Trinajstić information content (AvgIpc) is 4.16. The Bertz CT molecular complexity index is 3940. The van der Waals surface area contributed by atoms with Crippen LogP contribution < -0.4 is 4.90 Å². The van der Waals surface area contributed by atoms with Crippen LogP contribution >= 0.6 is 0 Å². The van der Waals surface area contributed by atoms with Crippen molar-refractivity contribution < 1.29 is 17.6 Å². The molecule has 11 aromatic carbocycles. The smallest absolute Gasteiger partial charge is 0.128 e. The van der Waals surface area contributed by atoms with E-state index in [2.05, 4.69) is 109 Å². The van der Waals surface area contributed by atoms with Gasteiger partial charge in [-0.2, -0.15) is 0 Å². The zero-order chi connectivity index (χ0) is 52.4. The normalized spacial score (nSPS) is 15.7. The van der Waals surface area contributed by atoms with Crippen molar-refractivity contribution in [3.8, 4) is 44.5 Å². The van der Waals surface area contributed by atoms with Crippen LogP contribution in [0.5, 0.6) is 0 Å². The van der Waals surface area contributed by atoms with E-state index in [9.17, 15) is 0 Å². The number of rotatable bonds is 11. The van der Waals surface area contributed by atoms with Gasteiger partial charge >= 0.3 is 0 Å². The largest absolute Gasteiger partial charge is 0.310 e. The Hall–Kier alpha value is -9.58. The molecule has 368 valence electrons. The fourth-order valence-electron chi connectivity index (χ4n) is 12.4. The number of fused-ring (bicyclic) bond motifs is 6. The summed E-state index contributed by atoms with van der Waals surface area (Å²) in [5.74, 6) is -2.21. The third kappa shape index (κ3) is 7.44. The minimum atomic E-state index is -1.32. The molecule has 0 fully saturated rings. The van der Waals surface area contributed by atoms with Crippen LogP contribution in [0.3, 0.4) is 0 Å². The second kappa shape index (κ2) is 18.7. The van der Waals surface area contributed by atoms with Crippen LogP contribution in [-0.4, -0.2) is 0 Å². The maximum Gasteiger partial charge on any atom is 0.128 e. The van der Waals surface area contributed by atoms with E-state index < -0.39 is 34.1 Å². The Morgan fingerprint density at radius 1 is 0.299 bits per heavy atom. The van der Waals surface area contributed by atoms with E-state index in [1.54, 1.807) is 12.2 Å². The van der Waals surface area contributed by atoms with E-state index in [4.69, 9.17) is 0 Å². The molecule has 2 atom stereocenters. The third-order valence-corrected chi connectivity index (χ3v) is 15.8. The predicted molar refractivity (Wildman–Crippen MR) is 307 cm³/mol. The summed E-state index contributed by atoms with van der Waals surface area (Å²) in [4.78, 5) is 2.18. The van der Waals surface area contributed by atoms with Gasteiger partial charge in [-0.05, 0) is 168 Å². The van der Waals surface area contributed by atoms with Crippen LogP contribution in [0.1, 0.15) is 55.6 Å². The Balaban J connectivity index is 1.10. The Morgan fingerprint density at radius 2 is 0.701 bits per heavy atom. The number of nitrogens with zero attached hydrogens (tertiary/aromatic N) is 1. The molecule has 11 aromatic rings. The molecule has 2 aliphatic carbocycles. The van der Waals surface area contributed by atoms with Gasteiger partial charge < -0.3 is 4.90 Å². The van der Waals surface area contributed by atoms with Crippen molar-refractivity contribution in [3.63, 3.8) is 0 Å². The topological polar surface area (TPSA) is 3.24 Å². The first-order valence-electron chi connectivity index (χ1n) is 25.6. The summed E-state index contributed by atoms with van der Waals surface area (Å²) in [5, 5.41) is 0. The number of halogens is 4. The lowest BCUT2D eigenvalue weighted by atomic mass is 9.67. The minimum absolute atomic E-state index is 0.179. The molecule has 0 radical (unpaired) electrons. The molecule has 5 heteroatoms. The van der Waals surface area contributed by atoms with Crippen molar-refractivity contribution in [2.24, 2.45) is 0 Å². The van der Waals surface area contributed by atoms with Crippen LogP contribution in [0.4, 0.5) is 34.6 Å². The predicted octanol–water partition coefficient (Wildman–Crippen LogP) is 19.1. The molecule has 0 amide bonds. The molecule has 0 N–H and O–H groups in total. The maximum absolute atomic E-state index is 17.1. The molecule has 1 nitrogen and oxygen atoms in total. The molecule has 2 aliphatic rings. The molecule has 0 saturated carbocycles. The van der Waals surface area contributed by atoms with Crippen molar-refractivity contribution in [2.75, 3.05) is 4.90 Å². The first-order chi connectivity index (χ1) is 37.7. The summed E-state index contributed by atoms with van der Waals surface area (Å²) < 4.78 is 65.9. The fraction of sp³-hybridized carbons (Fsp3) is 0.0278. The van der Waals surface area contributed by atoms with Crippen molar-refractivity contribution in [1.82, 2.24) is 0 Å². The van der Waals surface area contributed by atoms with E-state index in [1.807, 2.05) is 121 Å². The molecule has 0 saturated heterocycles. The highest BCUT2D eigenvalue weighted by molar-refractivity contribution is 5.93. The highest BCUT2D eigenvalue weighted by Crippen LogP contribution is 2.60. The van der Waals surface area contributed by atoms with Gasteiger partial charge in [0.05, 0.1) is 10.8 Å². The lowest BCUT2D eigenvalue weighted by molar-refractivity contribution is 0.564. The van der Waals surface area contributed by atoms with Crippen LogP contribution in [0.2, 0.25) is 0 Å². The number of benzene rings is 11. The summed E-state index contributed by atoms with van der Waals surface area (Å²) in [6.07, 6.45) is 3.53. The highest BCUT2D eigenvalue weighted by atomic mass is 19.1. The number of anilines is 3. The Labute approximate surface area is 445 Å². The molecule has 77 heavy (non-hydrogen) atoms. The van der Waals surface area contributed by atoms with Crippen LogP contribution in [0, 0.1) is 23.3 Å². The Morgan fingerprint density at radius 3 is 1.19 bits per heavy atom. The van der Waals surface area contributed by atoms with Crippen LogP contribution in [-0.2, 0) is 10.8 Å². The summed E-state index contributed by atoms with van der Waals surface area (Å²) in [6, 6.07) is 78.7. The maximum atomic E-state index is 17.1. The second-order valence-electron chi connectivity index (χ2n) is 19.8. The molecule has 0 bridgehead atoms. The van der Waals surface area contributed by atoms with Crippen molar-refractivity contribution in [1.29, 1.82) is 0 Å². The van der Waals surface area contributed by atoms with Gasteiger partial charge in [-0.25, -0.2) is 17.6 Å². The van der Waals surface area contributed by atoms with Gasteiger partial charge in [-0.1, -0.05) is 195 Å². The van der Waals surface area contributed by atoms with E-state index in [0.717, 1.165) is 118 Å². The summed E-state index contributed by atoms with van der Waals surface area (Å²) in [6.45, 7) is 8.00. The molecule has 2 unspecified atom stereocenters. The first-order valence-corrected chi connectivity index (χ1v) is 25.6. The van der Waals surface area contributed by atoms with E-state index in [-0.39, 0.29) is 11.1 Å². The van der Waals surface area contributed by atoms with Crippen molar-refractivity contribution in [2.45, 2.75) is 10.8 Å². The highest BCUT2D eigenvalue weighted by Gasteiger charge is 2.50. The van der Waals surface area contributed by atoms with Gasteiger partial charge in [0.2, 0.25) is 0 Å². The molecule has 0 aromatic heterocycles. The molecular weight excluding hydrogens is 955 g/mol. The fourth-order valence-corrected chi connectivity index (χ4v) is 12.4. The number of hydrogen-bond acceptors (Lipinski definition) is 1. The SMILES string of the molecule is C=Cc1ccc(C2(c3cc(F)ccc3F)c3ccccc3-c3ccc(N(c4cccc(-c5cccc(-c6ccccc6)c5)c4)c4ccc5c(c4)C(c4ccc(C=C)cc4)(c4cc(F)ccc4F)c4ccccc4-5)cc32)cc1. The van der Waals surface area contributed by atoms with E-state index in [1.165, 1.54) is 24.3 Å². The van der Waals surface area contributed by atoms with E-state index >= 15 is 17.6 Å². The molecule has 0 aliphatic heterocycles. The molecule has 0 spiro atoms. The summed E-state index contributed by atoms with van der Waals surface area (Å²) >= 11 is 0. The first kappa shape index (κ1) is 47.2. The molecular formula is C72H47F4N. The van der Waals surface area contributed by atoms with Gasteiger partial charge in [-0.3, -0.25) is 0 Å². The third-order valence-electron chi connectivity index (χ3n) is 15.8. The average molecular weight is 1000 g/mol. The van der Waals surface area contributed by atoms with Gasteiger partial charge in [0.15, 0.2) is 0 Å². The van der Waals surface area contributed by atoms with Crippen molar-refractivity contribution >= 4 is 29.2 Å². The van der Waals surface area contributed by atoms with Gasteiger partial charge in [0.25, 0.3) is 0 Å². The quantitative estimate of drug-likeness (QED) is 0.117. The van der Waals surface area contributed by atoms with Gasteiger partial charge in [0, 0.05) is 28.2 Å². The van der Waals surface area contributed by atoms with Crippen LogP contribution in [0.25, 0.3) is 56.7 Å². The zero-order valence-electron chi connectivity index (χ0n) is 41.7. The standard InChI is InChI=1S/C72H47F4N/c1-3-46-24-28-52(29-25-46)71(67-42-54(73)32-38-69(67)75)63-22-10-8-20-59(63)61-36-34-57(44-65(61)71)77(56-19-13-18-51(41-56)50-17-12-16-49(40-50)48-14-6-5-7-15-48)58-35-37-62-60-21-9-11-23-64(60)72(66(62)45-58,53-30-26-47(4-2)27-31-53)68-43-55(74)33-39-70(68)76/h3-45H,1-2H2. The van der Waals surface area contributed by atoms with Crippen LogP contribution in [0.15, 0.2) is 262 Å². The van der Waals surface area contributed by atoms with Crippen molar-refractivity contribution in [3.05, 3.63) is 341 Å². The number of hydrogen-bond donors (Lipinski definition) is 0. The van der Waals surface area contributed by atoms with Gasteiger partial charge in [0.1, 0.15) is 23.3 Å². The second-order valence-corrected chi connectivity index (χ2v) is 19.8. The monoisotopic (exact) mass is 1000 g/mol. The lowest BCUT2D eigenvalue weighted by Crippen LogP contribution is -2.30. The summed E-state index contributed by atoms with van der Waals surface area (Å²) in [7, 11) is 0. The lowest BCUT2D eigenvalue weighted by Gasteiger charge is -2.36. The molecule has 13 rings (SSSR count). The minimum Gasteiger partial charge on any atom is -0.310 e.